The minimum atomic E-state index is 0.100. The molecule has 0 aliphatic carbocycles. The van der Waals surface area contributed by atoms with Crippen LogP contribution in [0, 0.1) is 0 Å². The Labute approximate surface area is 121 Å². The number of rotatable bonds is 7. The quantitative estimate of drug-likeness (QED) is 0.623. The van der Waals surface area contributed by atoms with Crippen LogP contribution in [0.1, 0.15) is 19.3 Å². The van der Waals surface area contributed by atoms with Gasteiger partial charge >= 0.3 is 0 Å². The first kappa shape index (κ1) is 15.7. The van der Waals surface area contributed by atoms with Gasteiger partial charge in [0.2, 0.25) is 5.91 Å². The summed E-state index contributed by atoms with van der Waals surface area (Å²) in [6, 6.07) is 0.298. The number of ether oxygens (including phenoxy) is 2. The van der Waals surface area contributed by atoms with Crippen molar-refractivity contribution in [1.82, 2.24) is 15.5 Å². The summed E-state index contributed by atoms with van der Waals surface area (Å²) in [7, 11) is 0. The molecule has 0 saturated carbocycles. The van der Waals surface area contributed by atoms with Crippen LogP contribution in [0.15, 0.2) is 0 Å². The lowest BCUT2D eigenvalue weighted by molar-refractivity contribution is -0.121. The lowest BCUT2D eigenvalue weighted by Gasteiger charge is -2.26. The smallest absolute Gasteiger partial charge is 0.234 e. The highest BCUT2D eigenvalue weighted by molar-refractivity contribution is 5.78. The van der Waals surface area contributed by atoms with Gasteiger partial charge in [-0.15, -0.1) is 0 Å². The second-order valence-electron chi connectivity index (χ2n) is 5.44. The van der Waals surface area contributed by atoms with Gasteiger partial charge in [0.05, 0.1) is 19.8 Å². The third kappa shape index (κ3) is 6.17. The Morgan fingerprint density at radius 1 is 1.10 bits per heavy atom. The lowest BCUT2D eigenvalue weighted by Crippen LogP contribution is -2.43. The number of morpholine rings is 1. The van der Waals surface area contributed by atoms with Crippen LogP contribution in [-0.2, 0) is 14.3 Å². The van der Waals surface area contributed by atoms with Crippen LogP contribution in [0.3, 0.4) is 0 Å². The molecule has 0 aromatic carbocycles. The molecule has 2 aliphatic rings. The normalized spacial score (nSPS) is 21.8. The van der Waals surface area contributed by atoms with E-state index >= 15 is 0 Å². The van der Waals surface area contributed by atoms with E-state index < -0.39 is 0 Å². The van der Waals surface area contributed by atoms with Crippen LogP contribution < -0.4 is 10.6 Å². The molecule has 2 rings (SSSR count). The van der Waals surface area contributed by atoms with E-state index in [4.69, 9.17) is 9.47 Å². The van der Waals surface area contributed by atoms with Gasteiger partial charge < -0.3 is 20.1 Å². The van der Waals surface area contributed by atoms with E-state index in [0.717, 1.165) is 71.9 Å². The molecule has 0 spiro atoms. The van der Waals surface area contributed by atoms with E-state index in [-0.39, 0.29) is 5.91 Å². The molecular formula is C14H27N3O3. The fraction of sp³-hybridized carbons (Fsp3) is 0.929. The molecule has 1 amide bonds. The molecule has 6 nitrogen and oxygen atoms in total. The summed E-state index contributed by atoms with van der Waals surface area (Å²) in [5.41, 5.74) is 0. The molecule has 2 aliphatic heterocycles. The van der Waals surface area contributed by atoms with Crippen LogP contribution in [0.2, 0.25) is 0 Å². The Balaban J connectivity index is 1.44. The lowest BCUT2D eigenvalue weighted by atomic mass is 10.1. The number of amides is 1. The molecule has 0 aromatic heterocycles. The van der Waals surface area contributed by atoms with E-state index in [1.54, 1.807) is 0 Å². The van der Waals surface area contributed by atoms with Crippen LogP contribution in [0.4, 0.5) is 0 Å². The van der Waals surface area contributed by atoms with Gasteiger partial charge in [-0.2, -0.15) is 0 Å². The van der Waals surface area contributed by atoms with Crippen molar-refractivity contribution in [1.29, 1.82) is 0 Å². The number of nitrogens with zero attached hydrogens (tertiary/aromatic N) is 1. The number of hydrogen-bond acceptors (Lipinski definition) is 5. The standard InChI is InChI=1S/C14H27N3O3/c18-14(16-13-2-8-19-9-3-13)12-15-4-1-5-17-6-10-20-11-7-17/h13,15H,1-12H2,(H,16,18). The first-order valence-corrected chi connectivity index (χ1v) is 7.72. The van der Waals surface area contributed by atoms with Gasteiger partial charge in [-0.1, -0.05) is 0 Å². The molecule has 0 radical (unpaired) electrons. The van der Waals surface area contributed by atoms with Crippen molar-refractivity contribution in [2.24, 2.45) is 0 Å². The van der Waals surface area contributed by atoms with Crippen LogP contribution in [-0.4, -0.2) is 76.0 Å². The van der Waals surface area contributed by atoms with Crippen molar-refractivity contribution < 1.29 is 14.3 Å². The van der Waals surface area contributed by atoms with E-state index in [1.807, 2.05) is 0 Å². The van der Waals surface area contributed by atoms with Gasteiger partial charge in [-0.05, 0) is 32.4 Å². The number of carbonyl (C=O) groups is 1. The minimum Gasteiger partial charge on any atom is -0.381 e. The Morgan fingerprint density at radius 3 is 2.55 bits per heavy atom. The van der Waals surface area contributed by atoms with Crippen LogP contribution in [0.25, 0.3) is 0 Å². The highest BCUT2D eigenvalue weighted by atomic mass is 16.5. The molecular weight excluding hydrogens is 258 g/mol. The van der Waals surface area contributed by atoms with E-state index in [2.05, 4.69) is 15.5 Å². The predicted octanol–water partition coefficient (Wildman–Crippen LogP) is -0.406. The summed E-state index contributed by atoms with van der Waals surface area (Å²) in [6.45, 7) is 7.67. The first-order chi connectivity index (χ1) is 9.84. The fourth-order valence-electron chi connectivity index (χ4n) is 2.57. The zero-order valence-electron chi connectivity index (χ0n) is 12.2. The number of hydrogen-bond donors (Lipinski definition) is 2. The topological polar surface area (TPSA) is 62.8 Å². The fourth-order valence-corrected chi connectivity index (χ4v) is 2.57. The van der Waals surface area contributed by atoms with Gasteiger partial charge in [0.15, 0.2) is 0 Å². The van der Waals surface area contributed by atoms with Crippen LogP contribution in [0.5, 0.6) is 0 Å². The van der Waals surface area contributed by atoms with Gasteiger partial charge in [0.25, 0.3) is 0 Å². The van der Waals surface area contributed by atoms with Crippen molar-refractivity contribution in [3.63, 3.8) is 0 Å². The molecule has 2 N–H and O–H groups in total. The Hall–Kier alpha value is -0.690. The second kappa shape index (κ2) is 9.28. The number of carbonyl (C=O) groups excluding carboxylic acids is 1. The monoisotopic (exact) mass is 285 g/mol. The van der Waals surface area contributed by atoms with Crippen molar-refractivity contribution >= 4 is 5.91 Å². The third-order valence-electron chi connectivity index (χ3n) is 3.80. The van der Waals surface area contributed by atoms with Crippen molar-refractivity contribution in [2.75, 3.05) is 59.2 Å². The molecule has 2 fully saturated rings. The second-order valence-corrected chi connectivity index (χ2v) is 5.44. The van der Waals surface area contributed by atoms with E-state index in [9.17, 15) is 4.79 Å². The summed E-state index contributed by atoms with van der Waals surface area (Å²) in [4.78, 5) is 14.1. The molecule has 0 atom stereocenters. The van der Waals surface area contributed by atoms with Crippen molar-refractivity contribution in [3.05, 3.63) is 0 Å². The predicted molar refractivity (Wildman–Crippen MR) is 76.7 cm³/mol. The maximum absolute atomic E-state index is 11.7. The summed E-state index contributed by atoms with van der Waals surface area (Å²) in [5.74, 6) is 0.100. The molecule has 0 unspecified atom stereocenters. The van der Waals surface area contributed by atoms with Gasteiger partial charge in [0, 0.05) is 32.3 Å². The number of nitrogens with one attached hydrogen (secondary N) is 2. The first-order valence-electron chi connectivity index (χ1n) is 7.72. The minimum absolute atomic E-state index is 0.100. The molecule has 6 heteroatoms. The summed E-state index contributed by atoms with van der Waals surface area (Å²) in [5, 5.41) is 6.26. The highest BCUT2D eigenvalue weighted by Crippen LogP contribution is 2.05. The van der Waals surface area contributed by atoms with Gasteiger partial charge in [-0.25, -0.2) is 0 Å². The van der Waals surface area contributed by atoms with Gasteiger partial charge in [-0.3, -0.25) is 9.69 Å². The van der Waals surface area contributed by atoms with Crippen LogP contribution >= 0.6 is 0 Å². The molecule has 116 valence electrons. The molecule has 0 bridgehead atoms. The molecule has 0 aromatic rings. The SMILES string of the molecule is O=C(CNCCCN1CCOCC1)NC1CCOCC1. The summed E-state index contributed by atoms with van der Waals surface area (Å²) in [6.07, 6.45) is 2.94. The van der Waals surface area contributed by atoms with E-state index in [0.29, 0.717) is 12.6 Å². The zero-order chi connectivity index (χ0) is 14.0. The summed E-state index contributed by atoms with van der Waals surface area (Å²) < 4.78 is 10.6. The Bertz CT molecular complexity index is 277. The summed E-state index contributed by atoms with van der Waals surface area (Å²) >= 11 is 0. The van der Waals surface area contributed by atoms with E-state index in [1.165, 1.54) is 0 Å². The average molecular weight is 285 g/mol. The van der Waals surface area contributed by atoms with Gasteiger partial charge in [0.1, 0.15) is 0 Å². The Kier molecular flexibility index (Phi) is 7.28. The van der Waals surface area contributed by atoms with Crippen molar-refractivity contribution in [3.8, 4) is 0 Å². The third-order valence-corrected chi connectivity index (χ3v) is 3.80. The molecule has 2 saturated heterocycles. The van der Waals surface area contributed by atoms with Crippen molar-refractivity contribution in [2.45, 2.75) is 25.3 Å². The maximum Gasteiger partial charge on any atom is 0.234 e. The zero-order valence-corrected chi connectivity index (χ0v) is 12.2. The molecule has 20 heavy (non-hydrogen) atoms. The highest BCUT2D eigenvalue weighted by Gasteiger charge is 2.15. The molecule has 2 heterocycles. The average Bonchev–Trinajstić information content (AvgIpc) is 2.49. The largest absolute Gasteiger partial charge is 0.381 e. The Morgan fingerprint density at radius 2 is 1.80 bits per heavy atom. The maximum atomic E-state index is 11.7.